The number of nitrogens with zero attached hydrogens (tertiary/aromatic N) is 1. The Kier molecular flexibility index (Phi) is 3.57. The number of benzene rings is 1. The van der Waals surface area contributed by atoms with Gasteiger partial charge in [-0.3, -0.25) is 4.79 Å². The Bertz CT molecular complexity index is 534. The first-order chi connectivity index (χ1) is 8.25. The van der Waals surface area contributed by atoms with Gasteiger partial charge < -0.3 is 4.98 Å². The maximum Gasteiger partial charge on any atom is 0.271 e. The minimum atomic E-state index is -0.296. The van der Waals surface area contributed by atoms with Crippen LogP contribution in [0.3, 0.4) is 0 Å². The highest BCUT2D eigenvalue weighted by atomic mass is 35.5. The largest absolute Gasteiger partial charge is 0.360 e. The van der Waals surface area contributed by atoms with Crippen LogP contribution in [0.4, 0.5) is 0 Å². The van der Waals surface area contributed by atoms with Gasteiger partial charge in [0.05, 0.1) is 11.9 Å². The van der Waals surface area contributed by atoms with Crippen LogP contribution in [0.2, 0.25) is 5.02 Å². The van der Waals surface area contributed by atoms with Crippen LogP contribution >= 0.6 is 11.6 Å². The number of aromatic nitrogens is 1. The van der Waals surface area contributed by atoms with E-state index < -0.39 is 0 Å². The van der Waals surface area contributed by atoms with Crippen molar-refractivity contribution in [3.05, 3.63) is 58.9 Å². The molecule has 0 saturated heterocycles. The van der Waals surface area contributed by atoms with E-state index in [1.165, 1.54) is 6.21 Å². The summed E-state index contributed by atoms with van der Waals surface area (Å²) in [6.45, 7) is 0. The molecule has 0 saturated carbocycles. The molecule has 0 fully saturated rings. The Hall–Kier alpha value is -2.07. The van der Waals surface area contributed by atoms with E-state index in [1.807, 2.05) is 12.1 Å². The molecule has 4 nitrogen and oxygen atoms in total. The van der Waals surface area contributed by atoms with Crippen LogP contribution in [-0.2, 0) is 0 Å². The van der Waals surface area contributed by atoms with Gasteiger partial charge in [0.25, 0.3) is 5.91 Å². The summed E-state index contributed by atoms with van der Waals surface area (Å²) in [7, 11) is 0. The van der Waals surface area contributed by atoms with E-state index in [1.54, 1.807) is 30.5 Å². The van der Waals surface area contributed by atoms with Crippen molar-refractivity contribution in [3.8, 4) is 0 Å². The predicted molar refractivity (Wildman–Crippen MR) is 67.3 cm³/mol. The lowest BCUT2D eigenvalue weighted by Crippen LogP contribution is -2.17. The van der Waals surface area contributed by atoms with E-state index in [0.29, 0.717) is 10.6 Å². The molecule has 0 aliphatic carbocycles. The molecule has 2 rings (SSSR count). The summed E-state index contributed by atoms with van der Waals surface area (Å²) in [5.41, 5.74) is 3.71. The number of hydrogen-bond acceptors (Lipinski definition) is 2. The second-order valence-electron chi connectivity index (χ2n) is 3.33. The van der Waals surface area contributed by atoms with E-state index in [0.717, 1.165) is 5.69 Å². The summed E-state index contributed by atoms with van der Waals surface area (Å²) < 4.78 is 0. The van der Waals surface area contributed by atoms with Crippen molar-refractivity contribution in [1.82, 2.24) is 10.4 Å². The molecule has 2 N–H and O–H groups in total. The fourth-order valence-electron chi connectivity index (χ4n) is 1.28. The van der Waals surface area contributed by atoms with Crippen LogP contribution in [0.25, 0.3) is 0 Å². The third kappa shape index (κ3) is 3.19. The minimum Gasteiger partial charge on any atom is -0.360 e. The van der Waals surface area contributed by atoms with E-state index in [2.05, 4.69) is 15.5 Å². The zero-order valence-electron chi connectivity index (χ0n) is 8.85. The Morgan fingerprint density at radius 1 is 1.35 bits per heavy atom. The fraction of sp³-hybridized carbons (Fsp3) is 0. The summed E-state index contributed by atoms with van der Waals surface area (Å²) in [6.07, 6.45) is 3.31. The SMILES string of the molecule is O=C(NN=Cc1ccc[nH]1)c1cccc(Cl)c1. The maximum absolute atomic E-state index is 11.6. The summed E-state index contributed by atoms with van der Waals surface area (Å²) in [6, 6.07) is 10.4. The second kappa shape index (κ2) is 5.32. The van der Waals surface area contributed by atoms with Crippen molar-refractivity contribution in [3.63, 3.8) is 0 Å². The van der Waals surface area contributed by atoms with Crippen molar-refractivity contribution in [2.45, 2.75) is 0 Å². The Labute approximate surface area is 103 Å². The molecular formula is C12H10ClN3O. The number of halogens is 1. The van der Waals surface area contributed by atoms with E-state index >= 15 is 0 Å². The monoisotopic (exact) mass is 247 g/mol. The molecular weight excluding hydrogens is 238 g/mol. The number of carbonyl (C=O) groups is 1. The number of carbonyl (C=O) groups excluding carboxylic acids is 1. The van der Waals surface area contributed by atoms with Crippen molar-refractivity contribution in [2.24, 2.45) is 5.10 Å². The highest BCUT2D eigenvalue weighted by Gasteiger charge is 2.03. The first-order valence-electron chi connectivity index (χ1n) is 4.98. The molecule has 0 aliphatic heterocycles. The maximum atomic E-state index is 11.6. The third-order valence-corrected chi connectivity index (χ3v) is 2.31. The zero-order chi connectivity index (χ0) is 12.1. The van der Waals surface area contributed by atoms with Crippen LogP contribution in [0.5, 0.6) is 0 Å². The lowest BCUT2D eigenvalue weighted by Gasteiger charge is -1.99. The molecule has 1 aromatic carbocycles. The molecule has 1 heterocycles. The Balaban J connectivity index is 1.98. The molecule has 2 aromatic rings. The molecule has 0 bridgehead atoms. The topological polar surface area (TPSA) is 57.2 Å². The van der Waals surface area contributed by atoms with Gasteiger partial charge in [0.2, 0.25) is 0 Å². The minimum absolute atomic E-state index is 0.296. The van der Waals surface area contributed by atoms with Gasteiger partial charge in [-0.15, -0.1) is 0 Å². The van der Waals surface area contributed by atoms with Crippen LogP contribution in [0.1, 0.15) is 16.1 Å². The molecule has 0 aliphatic rings. The molecule has 0 spiro atoms. The first kappa shape index (κ1) is 11.4. The van der Waals surface area contributed by atoms with Gasteiger partial charge in [-0.1, -0.05) is 17.7 Å². The van der Waals surface area contributed by atoms with Crippen molar-refractivity contribution >= 4 is 23.7 Å². The van der Waals surface area contributed by atoms with Gasteiger partial charge in [0.15, 0.2) is 0 Å². The standard InChI is InChI=1S/C12H10ClN3O/c13-10-4-1-3-9(7-10)12(17)16-15-8-11-5-2-6-14-11/h1-8,14H,(H,16,17). The summed E-state index contributed by atoms with van der Waals surface area (Å²) >= 11 is 5.78. The quantitative estimate of drug-likeness (QED) is 0.635. The van der Waals surface area contributed by atoms with Gasteiger partial charge >= 0.3 is 0 Å². The third-order valence-electron chi connectivity index (χ3n) is 2.08. The van der Waals surface area contributed by atoms with Crippen molar-refractivity contribution < 1.29 is 4.79 Å². The lowest BCUT2D eigenvalue weighted by molar-refractivity contribution is 0.0955. The number of amides is 1. The van der Waals surface area contributed by atoms with E-state index in [9.17, 15) is 4.79 Å². The average Bonchev–Trinajstić information content (AvgIpc) is 2.82. The highest BCUT2D eigenvalue weighted by molar-refractivity contribution is 6.30. The molecule has 86 valence electrons. The average molecular weight is 248 g/mol. The number of hydrazone groups is 1. The number of rotatable bonds is 3. The van der Waals surface area contributed by atoms with Gasteiger partial charge in [-0.05, 0) is 30.3 Å². The zero-order valence-corrected chi connectivity index (χ0v) is 9.61. The normalized spacial score (nSPS) is 10.6. The van der Waals surface area contributed by atoms with Gasteiger partial charge in [0.1, 0.15) is 0 Å². The van der Waals surface area contributed by atoms with E-state index in [-0.39, 0.29) is 5.91 Å². The van der Waals surface area contributed by atoms with Gasteiger partial charge in [-0.25, -0.2) is 5.43 Å². The smallest absolute Gasteiger partial charge is 0.271 e. The summed E-state index contributed by atoms with van der Waals surface area (Å²) in [5.74, 6) is -0.296. The number of nitrogens with one attached hydrogen (secondary N) is 2. The highest BCUT2D eigenvalue weighted by Crippen LogP contribution is 2.10. The Morgan fingerprint density at radius 3 is 2.94 bits per heavy atom. The van der Waals surface area contributed by atoms with E-state index in [4.69, 9.17) is 11.6 Å². The molecule has 17 heavy (non-hydrogen) atoms. The molecule has 0 unspecified atom stereocenters. The summed E-state index contributed by atoms with van der Waals surface area (Å²) in [4.78, 5) is 14.6. The Morgan fingerprint density at radius 2 is 2.24 bits per heavy atom. The van der Waals surface area contributed by atoms with Crippen LogP contribution in [-0.4, -0.2) is 17.1 Å². The fourth-order valence-corrected chi connectivity index (χ4v) is 1.47. The van der Waals surface area contributed by atoms with Crippen molar-refractivity contribution in [1.29, 1.82) is 0 Å². The molecule has 1 aromatic heterocycles. The van der Waals surface area contributed by atoms with Crippen LogP contribution < -0.4 is 5.43 Å². The molecule has 0 radical (unpaired) electrons. The first-order valence-corrected chi connectivity index (χ1v) is 5.36. The second-order valence-corrected chi connectivity index (χ2v) is 3.77. The van der Waals surface area contributed by atoms with Crippen LogP contribution in [0.15, 0.2) is 47.7 Å². The molecule has 5 heteroatoms. The number of H-pyrrole nitrogens is 1. The summed E-state index contributed by atoms with van der Waals surface area (Å²) in [5, 5.41) is 4.34. The molecule has 1 amide bonds. The van der Waals surface area contributed by atoms with Gasteiger partial charge in [-0.2, -0.15) is 5.10 Å². The van der Waals surface area contributed by atoms with Crippen molar-refractivity contribution in [2.75, 3.05) is 0 Å². The number of aromatic amines is 1. The molecule has 0 atom stereocenters. The number of hydrogen-bond donors (Lipinski definition) is 2. The van der Waals surface area contributed by atoms with Crippen LogP contribution in [0, 0.1) is 0 Å². The lowest BCUT2D eigenvalue weighted by atomic mass is 10.2. The predicted octanol–water partition coefficient (Wildman–Crippen LogP) is 2.43. The van der Waals surface area contributed by atoms with Gasteiger partial charge in [0, 0.05) is 16.8 Å².